The molecular formula is C38H48ClN3O7S. The standard InChI is InChI=1S/C38H48ClN3O7S/c1-25-5-3-7-34(47-2)30-11-8-27(30)22-42-23-38(14-4-6-26-19-28(39)9-12-32(26)38)24-49-35-13-10-29(20-33(35)42)50(45,46)40-37(44)31(25)21-36(43)41-15-17-48-18-16-41/h3,7,9-10,12-13,19-20,25,27,30-31,34H,4-6,8,11,14-18,21-24H2,1-2H3,(H,40,44)/b7-3-/t25-,27-,30+,31+,34+,38-/m0/s1. The predicted octanol–water partition coefficient (Wildman–Crippen LogP) is 5.12. The fourth-order valence-corrected chi connectivity index (χ4v) is 9.98. The maximum atomic E-state index is 14.0. The number of nitrogens with one attached hydrogen (secondary N) is 1. The molecular weight excluding hydrogens is 678 g/mol. The zero-order valence-corrected chi connectivity index (χ0v) is 30.5. The number of ether oxygens (including phenoxy) is 3. The third kappa shape index (κ3) is 7.03. The summed E-state index contributed by atoms with van der Waals surface area (Å²) in [6, 6.07) is 11.0. The molecule has 1 spiro atoms. The predicted molar refractivity (Wildman–Crippen MR) is 191 cm³/mol. The first-order valence-corrected chi connectivity index (χ1v) is 19.9. The van der Waals surface area contributed by atoms with Crippen LogP contribution in [-0.2, 0) is 40.9 Å². The Balaban J connectivity index is 1.26. The SMILES string of the molecule is CO[C@@H]1/C=C\C[C@H](C)[C@@H](CC(=O)N2CCOCC2)C(=O)NS(=O)(=O)c2ccc3c(c2)N(C[C@@H]2CC[C@H]21)C[C@@]1(CCCc2cc(Cl)ccc21)CO3. The van der Waals surface area contributed by atoms with Gasteiger partial charge in [0.1, 0.15) is 5.75 Å². The first-order chi connectivity index (χ1) is 24.1. The molecule has 0 radical (unpaired) electrons. The molecule has 3 heterocycles. The van der Waals surface area contributed by atoms with Crippen LogP contribution in [0.1, 0.15) is 56.6 Å². The summed E-state index contributed by atoms with van der Waals surface area (Å²) in [5.41, 5.74) is 2.87. The number of amides is 2. The molecule has 1 saturated heterocycles. The van der Waals surface area contributed by atoms with E-state index in [0.717, 1.165) is 43.7 Å². The van der Waals surface area contributed by atoms with Gasteiger partial charge in [-0.15, -0.1) is 0 Å². The van der Waals surface area contributed by atoms with E-state index in [-0.39, 0.29) is 40.6 Å². The van der Waals surface area contributed by atoms with Gasteiger partial charge in [0, 0.05) is 50.1 Å². The monoisotopic (exact) mass is 725 g/mol. The van der Waals surface area contributed by atoms with Gasteiger partial charge < -0.3 is 24.0 Å². The minimum atomic E-state index is -4.28. The summed E-state index contributed by atoms with van der Waals surface area (Å²) in [6.45, 7) is 5.52. The number of anilines is 1. The number of nitrogens with zero attached hydrogens (tertiary/aromatic N) is 2. The minimum Gasteiger partial charge on any atom is -0.490 e. The summed E-state index contributed by atoms with van der Waals surface area (Å²) >= 11 is 6.44. The van der Waals surface area contributed by atoms with E-state index in [2.05, 4.69) is 27.8 Å². The topological polar surface area (TPSA) is 114 Å². The summed E-state index contributed by atoms with van der Waals surface area (Å²) in [4.78, 5) is 31.2. The second kappa shape index (κ2) is 14.5. The van der Waals surface area contributed by atoms with Crippen LogP contribution in [-0.4, -0.2) is 84.3 Å². The number of hydrogen-bond donors (Lipinski definition) is 1. The summed E-state index contributed by atoms with van der Waals surface area (Å²) in [5, 5.41) is 0.721. The van der Waals surface area contributed by atoms with E-state index in [1.54, 1.807) is 24.1 Å². The van der Waals surface area contributed by atoms with Gasteiger partial charge in [0.05, 0.1) is 42.4 Å². The Bertz CT molecular complexity index is 1750. The van der Waals surface area contributed by atoms with Gasteiger partial charge in [-0.25, -0.2) is 13.1 Å². The highest BCUT2D eigenvalue weighted by molar-refractivity contribution is 7.90. The largest absolute Gasteiger partial charge is 0.490 e. The number of carbonyl (C=O) groups excluding carboxylic acids is 2. The Morgan fingerprint density at radius 1 is 1.14 bits per heavy atom. The van der Waals surface area contributed by atoms with Gasteiger partial charge in [-0.2, -0.15) is 0 Å². The summed E-state index contributed by atoms with van der Waals surface area (Å²) in [5.74, 6) is -0.775. The third-order valence-electron chi connectivity index (χ3n) is 11.8. The lowest BCUT2D eigenvalue weighted by atomic mass is 9.68. The number of sulfonamides is 1. The number of allylic oxidation sites excluding steroid dienone is 1. The third-order valence-corrected chi connectivity index (χ3v) is 13.4. The van der Waals surface area contributed by atoms with E-state index in [4.69, 9.17) is 25.8 Å². The molecule has 10 nitrogen and oxygen atoms in total. The van der Waals surface area contributed by atoms with Gasteiger partial charge in [-0.1, -0.05) is 36.7 Å². The quantitative estimate of drug-likeness (QED) is 0.434. The Labute approximate surface area is 300 Å². The highest BCUT2D eigenvalue weighted by atomic mass is 35.5. The number of carbonyl (C=O) groups is 2. The van der Waals surface area contributed by atoms with Crippen LogP contribution in [0.25, 0.3) is 0 Å². The lowest BCUT2D eigenvalue weighted by molar-refractivity contribution is -0.140. The molecule has 2 amide bonds. The van der Waals surface area contributed by atoms with Gasteiger partial charge in [0.15, 0.2) is 0 Å². The van der Waals surface area contributed by atoms with Crippen molar-refractivity contribution in [2.24, 2.45) is 23.7 Å². The smallest absolute Gasteiger partial charge is 0.264 e. The Hall–Kier alpha value is -3.12. The lowest BCUT2D eigenvalue weighted by Crippen LogP contribution is -2.49. The molecule has 1 saturated carbocycles. The van der Waals surface area contributed by atoms with Crippen LogP contribution in [0.3, 0.4) is 0 Å². The molecule has 2 aliphatic carbocycles. The number of halogens is 1. The fraction of sp³-hybridized carbons (Fsp3) is 0.579. The highest BCUT2D eigenvalue weighted by Crippen LogP contribution is 2.47. The van der Waals surface area contributed by atoms with E-state index >= 15 is 0 Å². The molecule has 2 aromatic rings. The maximum Gasteiger partial charge on any atom is 0.264 e. The van der Waals surface area contributed by atoms with Crippen molar-refractivity contribution in [3.05, 3.63) is 64.7 Å². The molecule has 50 heavy (non-hydrogen) atoms. The minimum absolute atomic E-state index is 0.0113. The van der Waals surface area contributed by atoms with E-state index in [1.807, 2.05) is 19.1 Å². The number of methoxy groups -OCH3 is 1. The van der Waals surface area contributed by atoms with Gasteiger partial charge in [0.25, 0.3) is 10.0 Å². The van der Waals surface area contributed by atoms with Crippen LogP contribution in [0.2, 0.25) is 5.02 Å². The van der Waals surface area contributed by atoms with Crippen molar-refractivity contribution < 1.29 is 32.2 Å². The van der Waals surface area contributed by atoms with Crippen LogP contribution in [0.4, 0.5) is 5.69 Å². The average Bonchev–Trinajstić information content (AvgIpc) is 3.24. The van der Waals surface area contributed by atoms with Crippen LogP contribution in [0, 0.1) is 23.7 Å². The molecule has 0 unspecified atom stereocenters. The van der Waals surface area contributed by atoms with Crippen LogP contribution in [0.15, 0.2) is 53.4 Å². The van der Waals surface area contributed by atoms with Crippen molar-refractivity contribution in [2.75, 3.05) is 58.0 Å². The number of benzene rings is 2. The second-order valence-corrected chi connectivity index (χ2v) is 17.0. The van der Waals surface area contributed by atoms with Crippen molar-refractivity contribution in [1.29, 1.82) is 0 Å². The molecule has 3 aliphatic heterocycles. The summed E-state index contributed by atoms with van der Waals surface area (Å²) in [7, 11) is -2.53. The molecule has 2 aromatic carbocycles. The number of aryl methyl sites for hydroxylation is 1. The van der Waals surface area contributed by atoms with Crippen LogP contribution < -0.4 is 14.4 Å². The van der Waals surface area contributed by atoms with Crippen molar-refractivity contribution in [1.82, 2.24) is 9.62 Å². The molecule has 5 aliphatic rings. The molecule has 2 bridgehead atoms. The molecule has 0 aromatic heterocycles. The normalized spacial score (nSPS) is 31.7. The van der Waals surface area contributed by atoms with Gasteiger partial charge in [-0.3, -0.25) is 9.59 Å². The summed E-state index contributed by atoms with van der Waals surface area (Å²) in [6.07, 6.45) is 9.41. The molecule has 270 valence electrons. The Kier molecular flexibility index (Phi) is 10.2. The number of hydrogen-bond acceptors (Lipinski definition) is 8. The molecule has 1 N–H and O–H groups in total. The Morgan fingerprint density at radius 3 is 2.72 bits per heavy atom. The van der Waals surface area contributed by atoms with Crippen molar-refractivity contribution in [2.45, 2.75) is 68.3 Å². The van der Waals surface area contributed by atoms with Gasteiger partial charge in [-0.05, 0) is 97.7 Å². The van der Waals surface area contributed by atoms with Crippen molar-refractivity contribution in [3.8, 4) is 5.75 Å². The molecule has 2 fully saturated rings. The van der Waals surface area contributed by atoms with E-state index in [1.165, 1.54) is 17.2 Å². The number of morpholine rings is 1. The first-order valence-electron chi connectivity index (χ1n) is 18.0. The first kappa shape index (κ1) is 35.3. The van der Waals surface area contributed by atoms with Gasteiger partial charge >= 0.3 is 0 Å². The van der Waals surface area contributed by atoms with Crippen LogP contribution in [0.5, 0.6) is 5.75 Å². The highest BCUT2D eigenvalue weighted by Gasteiger charge is 2.45. The fourth-order valence-electron chi connectivity index (χ4n) is 8.74. The zero-order valence-electron chi connectivity index (χ0n) is 28.9. The van der Waals surface area contributed by atoms with E-state index in [9.17, 15) is 18.0 Å². The van der Waals surface area contributed by atoms with E-state index in [0.29, 0.717) is 63.2 Å². The molecule has 6 atom stereocenters. The maximum absolute atomic E-state index is 14.0. The van der Waals surface area contributed by atoms with Gasteiger partial charge in [0.2, 0.25) is 11.8 Å². The van der Waals surface area contributed by atoms with E-state index < -0.39 is 21.8 Å². The van der Waals surface area contributed by atoms with Crippen molar-refractivity contribution in [3.63, 3.8) is 0 Å². The van der Waals surface area contributed by atoms with Crippen LogP contribution >= 0.6 is 11.6 Å². The van der Waals surface area contributed by atoms with Crippen molar-refractivity contribution >= 4 is 39.1 Å². The Morgan fingerprint density at radius 2 is 1.96 bits per heavy atom. The average molecular weight is 726 g/mol. The molecule has 12 heteroatoms. The second-order valence-electron chi connectivity index (χ2n) is 14.9. The number of rotatable bonds is 3. The number of fused-ring (bicyclic) bond motifs is 4. The summed E-state index contributed by atoms with van der Waals surface area (Å²) < 4.78 is 48.4. The zero-order chi connectivity index (χ0) is 35.0. The lowest BCUT2D eigenvalue weighted by Gasteiger charge is -2.46. The molecule has 7 rings (SSSR count).